The summed E-state index contributed by atoms with van der Waals surface area (Å²) in [5.74, 6) is 2.20. The van der Waals surface area contributed by atoms with Gasteiger partial charge in [0.15, 0.2) is 0 Å². The van der Waals surface area contributed by atoms with E-state index < -0.39 is 0 Å². The van der Waals surface area contributed by atoms with Gasteiger partial charge in [0.25, 0.3) is 0 Å². The van der Waals surface area contributed by atoms with E-state index in [1.807, 2.05) is 24.7 Å². The van der Waals surface area contributed by atoms with E-state index in [-0.39, 0.29) is 0 Å². The first-order valence-corrected chi connectivity index (χ1v) is 5.95. The lowest BCUT2D eigenvalue weighted by Crippen LogP contribution is -2.11. The molecule has 2 heterocycles. The molecular weight excluding hydrogens is 230 g/mol. The molecule has 0 radical (unpaired) electrons. The third-order valence-corrected chi connectivity index (χ3v) is 2.47. The molecule has 0 aliphatic carbocycles. The Labute approximate surface area is 106 Å². The molecule has 6 heteroatoms. The topological polar surface area (TPSA) is 64.9 Å². The Hall–Kier alpha value is -2.11. The van der Waals surface area contributed by atoms with Crippen molar-refractivity contribution in [3.05, 3.63) is 30.5 Å². The molecule has 6 nitrogen and oxygen atoms in total. The Kier molecular flexibility index (Phi) is 4.11. The van der Waals surface area contributed by atoms with Gasteiger partial charge >= 0.3 is 0 Å². The molecule has 0 atom stereocenters. The van der Waals surface area contributed by atoms with Crippen molar-refractivity contribution in [2.24, 2.45) is 7.05 Å². The summed E-state index contributed by atoms with van der Waals surface area (Å²) in [5.41, 5.74) is 0. The molecule has 2 rings (SSSR count). The van der Waals surface area contributed by atoms with E-state index in [0.717, 1.165) is 18.8 Å². The minimum atomic E-state index is 0.579. The highest BCUT2D eigenvalue weighted by molar-refractivity contribution is 5.27. The molecule has 0 saturated carbocycles. The summed E-state index contributed by atoms with van der Waals surface area (Å²) in [5, 5.41) is 3.15. The molecular formula is C12H17N5O. The summed E-state index contributed by atoms with van der Waals surface area (Å²) in [6.07, 6.45) is 6.23. The number of imidazole rings is 1. The molecule has 0 fully saturated rings. The summed E-state index contributed by atoms with van der Waals surface area (Å²) >= 11 is 0. The zero-order valence-electron chi connectivity index (χ0n) is 10.6. The van der Waals surface area contributed by atoms with Crippen molar-refractivity contribution in [3.8, 4) is 5.88 Å². The molecule has 0 spiro atoms. The highest BCUT2D eigenvalue weighted by Gasteiger charge is 2.01. The number of hydrogen-bond donors (Lipinski definition) is 1. The Morgan fingerprint density at radius 3 is 2.94 bits per heavy atom. The predicted molar refractivity (Wildman–Crippen MR) is 68.6 cm³/mol. The summed E-state index contributed by atoms with van der Waals surface area (Å²) in [6.45, 7) is 3.26. The maximum Gasteiger partial charge on any atom is 0.225 e. The van der Waals surface area contributed by atoms with Gasteiger partial charge in [0.2, 0.25) is 11.8 Å². The van der Waals surface area contributed by atoms with Crippen molar-refractivity contribution in [2.45, 2.75) is 13.3 Å². The second-order valence-electron chi connectivity index (χ2n) is 3.78. The number of aromatic nitrogens is 4. The quantitative estimate of drug-likeness (QED) is 0.832. The number of anilines is 1. The van der Waals surface area contributed by atoms with Gasteiger partial charge in [-0.15, -0.1) is 0 Å². The molecule has 0 saturated heterocycles. The SMILES string of the molecule is CCOc1ccnc(NCCc2nccn2C)n1. The van der Waals surface area contributed by atoms with Crippen molar-refractivity contribution < 1.29 is 4.74 Å². The van der Waals surface area contributed by atoms with E-state index in [1.165, 1.54) is 0 Å². The number of aryl methyl sites for hydroxylation is 1. The van der Waals surface area contributed by atoms with Gasteiger partial charge in [0.05, 0.1) is 6.61 Å². The minimum absolute atomic E-state index is 0.579. The fourth-order valence-corrected chi connectivity index (χ4v) is 1.58. The summed E-state index contributed by atoms with van der Waals surface area (Å²) in [6, 6.07) is 1.74. The van der Waals surface area contributed by atoms with Crippen LogP contribution in [0.2, 0.25) is 0 Å². The fourth-order valence-electron chi connectivity index (χ4n) is 1.58. The van der Waals surface area contributed by atoms with Crippen LogP contribution >= 0.6 is 0 Å². The van der Waals surface area contributed by atoms with E-state index in [0.29, 0.717) is 18.4 Å². The highest BCUT2D eigenvalue weighted by atomic mass is 16.5. The van der Waals surface area contributed by atoms with Crippen LogP contribution in [0.25, 0.3) is 0 Å². The summed E-state index contributed by atoms with van der Waals surface area (Å²) in [7, 11) is 1.98. The van der Waals surface area contributed by atoms with Crippen LogP contribution in [0.5, 0.6) is 5.88 Å². The first kappa shape index (κ1) is 12.3. The fraction of sp³-hybridized carbons (Fsp3) is 0.417. The van der Waals surface area contributed by atoms with Crippen molar-refractivity contribution >= 4 is 5.95 Å². The van der Waals surface area contributed by atoms with Crippen molar-refractivity contribution in [2.75, 3.05) is 18.5 Å². The van der Waals surface area contributed by atoms with Crippen LogP contribution < -0.4 is 10.1 Å². The van der Waals surface area contributed by atoms with Gasteiger partial charge in [0.1, 0.15) is 5.82 Å². The Morgan fingerprint density at radius 1 is 1.33 bits per heavy atom. The van der Waals surface area contributed by atoms with Crippen LogP contribution in [-0.4, -0.2) is 32.7 Å². The molecule has 2 aromatic heterocycles. The monoisotopic (exact) mass is 247 g/mol. The molecule has 0 bridgehead atoms. The third-order valence-electron chi connectivity index (χ3n) is 2.47. The maximum absolute atomic E-state index is 5.31. The predicted octanol–water partition coefficient (Wildman–Crippen LogP) is 1.26. The highest BCUT2D eigenvalue weighted by Crippen LogP contribution is 2.08. The molecule has 0 aromatic carbocycles. The van der Waals surface area contributed by atoms with Crippen molar-refractivity contribution in [1.29, 1.82) is 0 Å². The van der Waals surface area contributed by atoms with E-state index in [9.17, 15) is 0 Å². The van der Waals surface area contributed by atoms with Gasteiger partial charge in [-0.1, -0.05) is 0 Å². The first-order valence-electron chi connectivity index (χ1n) is 5.95. The van der Waals surface area contributed by atoms with E-state index in [4.69, 9.17) is 4.74 Å². The maximum atomic E-state index is 5.31. The van der Waals surface area contributed by atoms with Gasteiger partial charge in [-0.2, -0.15) is 4.98 Å². The zero-order valence-corrected chi connectivity index (χ0v) is 10.6. The van der Waals surface area contributed by atoms with Crippen LogP contribution in [0.15, 0.2) is 24.7 Å². The lowest BCUT2D eigenvalue weighted by atomic mass is 10.4. The molecule has 0 amide bonds. The van der Waals surface area contributed by atoms with Crippen molar-refractivity contribution in [1.82, 2.24) is 19.5 Å². The van der Waals surface area contributed by atoms with Gasteiger partial charge in [-0.05, 0) is 6.92 Å². The van der Waals surface area contributed by atoms with Gasteiger partial charge in [0, 0.05) is 44.7 Å². The Bertz CT molecular complexity index is 497. The molecule has 0 aliphatic heterocycles. The molecule has 1 N–H and O–H groups in total. The standard InChI is InChI=1S/C12H17N5O/c1-3-18-11-5-7-15-12(16-11)14-6-4-10-13-8-9-17(10)2/h5,7-9H,3-4,6H2,1-2H3,(H,14,15,16). The molecule has 18 heavy (non-hydrogen) atoms. The van der Waals surface area contributed by atoms with Gasteiger partial charge in [-0.25, -0.2) is 9.97 Å². The van der Waals surface area contributed by atoms with Crippen LogP contribution in [-0.2, 0) is 13.5 Å². The summed E-state index contributed by atoms with van der Waals surface area (Å²) in [4.78, 5) is 12.6. The van der Waals surface area contributed by atoms with Crippen LogP contribution in [0.1, 0.15) is 12.7 Å². The number of rotatable bonds is 6. The normalized spacial score (nSPS) is 10.3. The average Bonchev–Trinajstić information content (AvgIpc) is 2.76. The lowest BCUT2D eigenvalue weighted by Gasteiger charge is -2.06. The molecule has 2 aromatic rings. The largest absolute Gasteiger partial charge is 0.478 e. The number of ether oxygens (including phenoxy) is 1. The smallest absolute Gasteiger partial charge is 0.225 e. The second-order valence-corrected chi connectivity index (χ2v) is 3.78. The van der Waals surface area contributed by atoms with Gasteiger partial charge in [-0.3, -0.25) is 0 Å². The van der Waals surface area contributed by atoms with Crippen molar-refractivity contribution in [3.63, 3.8) is 0 Å². The van der Waals surface area contributed by atoms with Gasteiger partial charge < -0.3 is 14.6 Å². The molecule has 0 aliphatic rings. The third kappa shape index (κ3) is 3.19. The Morgan fingerprint density at radius 2 is 2.22 bits per heavy atom. The number of hydrogen-bond acceptors (Lipinski definition) is 5. The van der Waals surface area contributed by atoms with E-state index >= 15 is 0 Å². The lowest BCUT2D eigenvalue weighted by molar-refractivity contribution is 0.326. The number of nitrogens with one attached hydrogen (secondary N) is 1. The van der Waals surface area contributed by atoms with Crippen LogP contribution in [0.4, 0.5) is 5.95 Å². The zero-order chi connectivity index (χ0) is 12.8. The summed E-state index contributed by atoms with van der Waals surface area (Å²) < 4.78 is 7.31. The van der Waals surface area contributed by atoms with E-state index in [2.05, 4.69) is 20.3 Å². The second kappa shape index (κ2) is 6.00. The van der Waals surface area contributed by atoms with Crippen LogP contribution in [0, 0.1) is 0 Å². The first-order chi connectivity index (χ1) is 8.79. The van der Waals surface area contributed by atoms with Crippen LogP contribution in [0.3, 0.4) is 0 Å². The minimum Gasteiger partial charge on any atom is -0.478 e. The van der Waals surface area contributed by atoms with E-state index in [1.54, 1.807) is 18.5 Å². The molecule has 0 unspecified atom stereocenters. The molecule has 96 valence electrons. The number of nitrogens with zero attached hydrogens (tertiary/aromatic N) is 4. The average molecular weight is 247 g/mol. The Balaban J connectivity index is 1.86.